The highest BCUT2D eigenvalue weighted by Gasteiger charge is 2.33. The topological polar surface area (TPSA) is 33.2 Å². The van der Waals surface area contributed by atoms with E-state index in [1.54, 1.807) is 6.20 Å². The van der Waals surface area contributed by atoms with Crippen LogP contribution in [0.25, 0.3) is 0 Å². The Morgan fingerprint density at radius 1 is 1.24 bits per heavy atom. The molecule has 1 aromatic carbocycles. The molecule has 1 aliphatic rings. The smallest absolute Gasteiger partial charge is 0.255 e. The van der Waals surface area contributed by atoms with E-state index in [4.69, 9.17) is 0 Å². The van der Waals surface area contributed by atoms with Gasteiger partial charge in [-0.15, -0.1) is 0 Å². The Morgan fingerprint density at radius 2 is 2.05 bits per heavy atom. The lowest BCUT2D eigenvalue weighted by molar-refractivity contribution is 0.0727. The summed E-state index contributed by atoms with van der Waals surface area (Å²) < 4.78 is 1.77. The summed E-state index contributed by atoms with van der Waals surface area (Å²) in [4.78, 5) is 19.1. The molecule has 0 N–H and O–H groups in total. The largest absolute Gasteiger partial charge is 0.330 e. The molecule has 5 heteroatoms. The Morgan fingerprint density at radius 3 is 2.67 bits per heavy atom. The number of carbonyl (C=O) groups is 1. The van der Waals surface area contributed by atoms with Gasteiger partial charge in [0.15, 0.2) is 0 Å². The van der Waals surface area contributed by atoms with Crippen LogP contribution >= 0.6 is 31.9 Å². The minimum Gasteiger partial charge on any atom is -0.330 e. The van der Waals surface area contributed by atoms with Gasteiger partial charge in [0.2, 0.25) is 0 Å². The van der Waals surface area contributed by atoms with Gasteiger partial charge < -0.3 is 4.90 Å². The minimum absolute atomic E-state index is 0.0579. The molecule has 0 atom stereocenters. The summed E-state index contributed by atoms with van der Waals surface area (Å²) in [5.74, 6) is 0.0579. The van der Waals surface area contributed by atoms with Crippen molar-refractivity contribution in [2.45, 2.75) is 25.4 Å². The molecule has 3 rings (SSSR count). The third-order valence-electron chi connectivity index (χ3n) is 3.47. The van der Waals surface area contributed by atoms with E-state index in [1.165, 1.54) is 0 Å². The van der Waals surface area contributed by atoms with Gasteiger partial charge in [-0.3, -0.25) is 9.78 Å². The van der Waals surface area contributed by atoms with E-state index in [0.717, 1.165) is 27.5 Å². The molecule has 1 saturated carbocycles. The molecule has 21 heavy (non-hydrogen) atoms. The molecule has 1 aromatic heterocycles. The molecular weight excluding hydrogens is 396 g/mol. The number of aromatic nitrogens is 1. The quantitative estimate of drug-likeness (QED) is 0.749. The van der Waals surface area contributed by atoms with Crippen molar-refractivity contribution in [3.8, 4) is 0 Å². The van der Waals surface area contributed by atoms with Crippen LogP contribution in [0.15, 0.2) is 51.5 Å². The predicted octanol–water partition coefficient (Wildman–Crippen LogP) is 4.41. The van der Waals surface area contributed by atoms with E-state index in [2.05, 4.69) is 36.8 Å². The number of hydrogen-bond donors (Lipinski definition) is 0. The van der Waals surface area contributed by atoms with Crippen LogP contribution in [0.2, 0.25) is 0 Å². The normalized spacial score (nSPS) is 14.0. The average molecular weight is 410 g/mol. The monoisotopic (exact) mass is 408 g/mol. The third kappa shape index (κ3) is 3.52. The zero-order chi connectivity index (χ0) is 14.8. The second-order valence-electron chi connectivity index (χ2n) is 5.11. The molecule has 0 saturated heterocycles. The number of pyridine rings is 1. The number of hydrogen-bond acceptors (Lipinski definition) is 2. The predicted molar refractivity (Wildman–Crippen MR) is 89.0 cm³/mol. The number of amides is 1. The molecule has 0 spiro atoms. The van der Waals surface area contributed by atoms with Gasteiger partial charge >= 0.3 is 0 Å². The van der Waals surface area contributed by atoms with Gasteiger partial charge in [0, 0.05) is 21.2 Å². The van der Waals surface area contributed by atoms with Gasteiger partial charge in [0.1, 0.15) is 0 Å². The fraction of sp³-hybridized carbons (Fsp3) is 0.250. The van der Waals surface area contributed by atoms with Crippen molar-refractivity contribution in [1.82, 2.24) is 9.88 Å². The van der Waals surface area contributed by atoms with Crippen molar-refractivity contribution in [3.05, 3.63) is 62.8 Å². The van der Waals surface area contributed by atoms with Gasteiger partial charge in [0.05, 0.1) is 17.8 Å². The molecule has 0 bridgehead atoms. The van der Waals surface area contributed by atoms with E-state index in [9.17, 15) is 4.79 Å². The molecule has 1 fully saturated rings. The highest BCUT2D eigenvalue weighted by atomic mass is 79.9. The maximum Gasteiger partial charge on any atom is 0.255 e. The van der Waals surface area contributed by atoms with Gasteiger partial charge in [-0.1, -0.05) is 22.0 Å². The lowest BCUT2D eigenvalue weighted by atomic mass is 10.2. The van der Waals surface area contributed by atoms with Crippen LogP contribution in [-0.2, 0) is 6.54 Å². The second-order valence-corrected chi connectivity index (χ2v) is 6.88. The molecule has 108 valence electrons. The Hall–Kier alpha value is -1.20. The molecule has 0 radical (unpaired) electrons. The maximum atomic E-state index is 12.8. The summed E-state index contributed by atoms with van der Waals surface area (Å²) >= 11 is 6.89. The first-order chi connectivity index (χ1) is 10.1. The van der Waals surface area contributed by atoms with Crippen LogP contribution in [0.5, 0.6) is 0 Å². The van der Waals surface area contributed by atoms with Crippen molar-refractivity contribution in [2.75, 3.05) is 0 Å². The molecular formula is C16H14Br2N2O. The lowest BCUT2D eigenvalue weighted by Gasteiger charge is -2.22. The molecule has 0 unspecified atom stereocenters. The first-order valence-electron chi connectivity index (χ1n) is 6.81. The van der Waals surface area contributed by atoms with E-state index in [-0.39, 0.29) is 5.91 Å². The number of benzene rings is 1. The maximum absolute atomic E-state index is 12.8. The molecule has 1 amide bonds. The van der Waals surface area contributed by atoms with Crippen LogP contribution < -0.4 is 0 Å². The van der Waals surface area contributed by atoms with E-state index in [1.807, 2.05) is 41.3 Å². The summed E-state index contributed by atoms with van der Waals surface area (Å²) in [5.41, 5.74) is 1.62. The standard InChI is InChI=1S/C16H14Br2N2O/c17-11-4-7-14(15(18)9-11)16(21)20(13-5-6-13)10-12-3-1-2-8-19-12/h1-4,7-9,13H,5-6,10H2. The minimum atomic E-state index is 0.0579. The van der Waals surface area contributed by atoms with Crippen LogP contribution in [0.3, 0.4) is 0 Å². The average Bonchev–Trinajstić information content (AvgIpc) is 3.30. The fourth-order valence-corrected chi connectivity index (χ4v) is 3.45. The number of rotatable bonds is 4. The molecule has 1 heterocycles. The highest BCUT2D eigenvalue weighted by molar-refractivity contribution is 9.11. The Bertz CT molecular complexity index is 657. The summed E-state index contributed by atoms with van der Waals surface area (Å²) in [7, 11) is 0. The Kier molecular flexibility index (Phi) is 4.40. The van der Waals surface area contributed by atoms with E-state index >= 15 is 0 Å². The van der Waals surface area contributed by atoms with Crippen LogP contribution in [-0.4, -0.2) is 21.8 Å². The Balaban J connectivity index is 1.85. The molecule has 0 aliphatic heterocycles. The molecule has 1 aliphatic carbocycles. The summed E-state index contributed by atoms with van der Waals surface area (Å²) in [6.07, 6.45) is 3.92. The lowest BCUT2D eigenvalue weighted by Crippen LogP contribution is -2.33. The number of halogens is 2. The summed E-state index contributed by atoms with van der Waals surface area (Å²) in [6.45, 7) is 0.562. The van der Waals surface area contributed by atoms with Gasteiger partial charge in [-0.25, -0.2) is 0 Å². The van der Waals surface area contributed by atoms with Crippen molar-refractivity contribution in [2.24, 2.45) is 0 Å². The summed E-state index contributed by atoms with van der Waals surface area (Å²) in [6, 6.07) is 11.8. The van der Waals surface area contributed by atoms with Gasteiger partial charge in [0.25, 0.3) is 5.91 Å². The zero-order valence-corrected chi connectivity index (χ0v) is 14.5. The second kappa shape index (κ2) is 6.28. The Labute approximate surface area is 140 Å². The van der Waals surface area contributed by atoms with E-state index in [0.29, 0.717) is 18.2 Å². The molecule has 2 aromatic rings. The van der Waals surface area contributed by atoms with Crippen LogP contribution in [0.4, 0.5) is 0 Å². The number of carbonyl (C=O) groups excluding carboxylic acids is 1. The van der Waals surface area contributed by atoms with Crippen molar-refractivity contribution in [1.29, 1.82) is 0 Å². The highest BCUT2D eigenvalue weighted by Crippen LogP contribution is 2.31. The van der Waals surface area contributed by atoms with Gasteiger partial charge in [-0.05, 0) is 59.1 Å². The molecule has 3 nitrogen and oxygen atoms in total. The zero-order valence-electron chi connectivity index (χ0n) is 11.3. The van der Waals surface area contributed by atoms with Gasteiger partial charge in [-0.2, -0.15) is 0 Å². The fourth-order valence-electron chi connectivity index (χ4n) is 2.24. The van der Waals surface area contributed by atoms with E-state index < -0.39 is 0 Å². The van der Waals surface area contributed by atoms with Crippen molar-refractivity contribution < 1.29 is 4.79 Å². The van der Waals surface area contributed by atoms with Crippen LogP contribution in [0.1, 0.15) is 28.9 Å². The first-order valence-corrected chi connectivity index (χ1v) is 8.39. The summed E-state index contributed by atoms with van der Waals surface area (Å²) in [5, 5.41) is 0. The SMILES string of the molecule is O=C(c1ccc(Br)cc1Br)N(Cc1ccccn1)C1CC1. The van der Waals surface area contributed by atoms with Crippen molar-refractivity contribution >= 4 is 37.8 Å². The van der Waals surface area contributed by atoms with Crippen LogP contribution in [0, 0.1) is 0 Å². The number of nitrogens with zero attached hydrogens (tertiary/aromatic N) is 2. The third-order valence-corrected chi connectivity index (χ3v) is 4.62. The van der Waals surface area contributed by atoms with Crippen molar-refractivity contribution in [3.63, 3.8) is 0 Å². The first kappa shape index (κ1) is 14.7.